The van der Waals surface area contributed by atoms with Gasteiger partial charge in [0.2, 0.25) is 0 Å². The molecule has 0 spiro atoms. The molecule has 2 unspecified atom stereocenters. The minimum absolute atomic E-state index is 0.0784. The quantitative estimate of drug-likeness (QED) is 0.175. The second kappa shape index (κ2) is 14.4. The normalized spacial score (nSPS) is 19.0. The first-order chi connectivity index (χ1) is 23.7. The van der Waals surface area contributed by atoms with Gasteiger partial charge in [0.05, 0.1) is 20.8 Å². The van der Waals surface area contributed by atoms with Crippen LogP contribution in [0.3, 0.4) is 0 Å². The second-order valence-corrected chi connectivity index (χ2v) is 11.6. The van der Waals surface area contributed by atoms with Crippen molar-refractivity contribution in [1.29, 1.82) is 0 Å². The lowest BCUT2D eigenvalue weighted by Crippen LogP contribution is -2.39. The van der Waals surface area contributed by atoms with Crippen molar-refractivity contribution in [3.63, 3.8) is 0 Å². The molecule has 4 atom stereocenters. The van der Waals surface area contributed by atoms with Gasteiger partial charge in [-0.1, -0.05) is 72.8 Å². The van der Waals surface area contributed by atoms with Gasteiger partial charge in [-0.05, 0) is 60.0 Å². The van der Waals surface area contributed by atoms with Crippen LogP contribution in [0.5, 0.6) is 11.5 Å². The maximum Gasteiger partial charge on any atom is 0.351 e. The van der Waals surface area contributed by atoms with Crippen molar-refractivity contribution in [3.8, 4) is 11.5 Å². The zero-order chi connectivity index (χ0) is 34.5. The zero-order valence-corrected chi connectivity index (χ0v) is 27.2. The van der Waals surface area contributed by atoms with E-state index in [4.69, 9.17) is 18.9 Å². The first-order valence-electron chi connectivity index (χ1n) is 15.7. The van der Waals surface area contributed by atoms with Crippen LogP contribution in [0.25, 0.3) is 0 Å². The highest BCUT2D eigenvalue weighted by molar-refractivity contribution is 6.04. The van der Waals surface area contributed by atoms with Crippen LogP contribution in [0.1, 0.15) is 38.8 Å². The number of methoxy groups -OCH3 is 2. The third-order valence-corrected chi connectivity index (χ3v) is 8.65. The van der Waals surface area contributed by atoms with Gasteiger partial charge < -0.3 is 34.5 Å². The van der Waals surface area contributed by atoms with Crippen LogP contribution >= 0.6 is 0 Å². The summed E-state index contributed by atoms with van der Waals surface area (Å²) in [7, 11) is 3.19. The highest BCUT2D eigenvalue weighted by atomic mass is 16.6. The topological polar surface area (TPSA) is 141 Å². The number of anilines is 1. The van der Waals surface area contributed by atoms with Crippen molar-refractivity contribution in [2.45, 2.75) is 37.1 Å². The SMILES string of the molecule is COc1ccc(C(OC[C@H]2O[C@@H](n3cc(C)c(NC(=O)c4ccccc4)nc3=O)C(O)C2O)(c2ccccc2)c2ccc(OC)cc2)cc1. The van der Waals surface area contributed by atoms with E-state index in [0.29, 0.717) is 22.6 Å². The molecule has 5 aromatic rings. The van der Waals surface area contributed by atoms with Gasteiger partial charge in [0.25, 0.3) is 5.91 Å². The predicted octanol–water partition coefficient (Wildman–Crippen LogP) is 4.45. The van der Waals surface area contributed by atoms with Gasteiger partial charge in [-0.25, -0.2) is 4.79 Å². The number of hydrogen-bond acceptors (Lipinski definition) is 9. The molecule has 1 aliphatic heterocycles. The Bertz CT molecular complexity index is 1890. The lowest BCUT2D eigenvalue weighted by Gasteiger charge is -2.37. The highest BCUT2D eigenvalue weighted by Gasteiger charge is 2.47. The number of aryl methyl sites for hydroxylation is 1. The summed E-state index contributed by atoms with van der Waals surface area (Å²) in [5.41, 5.74) is 1.25. The number of carbonyl (C=O) groups is 1. The van der Waals surface area contributed by atoms with E-state index in [1.165, 1.54) is 6.20 Å². The number of nitrogens with zero attached hydrogens (tertiary/aromatic N) is 2. The Morgan fingerprint density at radius 1 is 0.816 bits per heavy atom. The Morgan fingerprint density at radius 3 is 1.90 bits per heavy atom. The molecule has 1 saturated heterocycles. The molecule has 0 bridgehead atoms. The van der Waals surface area contributed by atoms with Crippen LogP contribution in [0, 0.1) is 6.92 Å². The monoisotopic (exact) mass is 663 g/mol. The summed E-state index contributed by atoms with van der Waals surface area (Å²) in [6, 6.07) is 33.2. The number of amides is 1. The largest absolute Gasteiger partial charge is 0.497 e. The third kappa shape index (κ3) is 6.70. The van der Waals surface area contributed by atoms with E-state index < -0.39 is 41.7 Å². The van der Waals surface area contributed by atoms with Crippen LogP contribution in [-0.4, -0.2) is 64.8 Å². The molecule has 4 aromatic carbocycles. The molecule has 1 aliphatic rings. The Labute approximate surface area is 283 Å². The van der Waals surface area contributed by atoms with Gasteiger partial charge >= 0.3 is 5.69 Å². The van der Waals surface area contributed by atoms with E-state index in [1.54, 1.807) is 51.5 Å². The van der Waals surface area contributed by atoms with Crippen molar-refractivity contribution in [2.75, 3.05) is 26.1 Å². The number of aliphatic hydroxyl groups is 2. The molecule has 0 saturated carbocycles. The van der Waals surface area contributed by atoms with Crippen molar-refractivity contribution >= 4 is 11.7 Å². The molecular weight excluding hydrogens is 626 g/mol. The van der Waals surface area contributed by atoms with Crippen molar-refractivity contribution in [1.82, 2.24) is 9.55 Å². The number of nitrogens with one attached hydrogen (secondary N) is 1. The molecule has 2 heterocycles. The van der Waals surface area contributed by atoms with Gasteiger partial charge in [0, 0.05) is 17.3 Å². The van der Waals surface area contributed by atoms with E-state index in [-0.39, 0.29) is 12.4 Å². The van der Waals surface area contributed by atoms with Gasteiger partial charge in [0.15, 0.2) is 6.23 Å². The Hall–Kier alpha value is -5.33. The van der Waals surface area contributed by atoms with E-state index in [0.717, 1.165) is 21.3 Å². The number of ether oxygens (including phenoxy) is 4. The number of carbonyl (C=O) groups excluding carboxylic acids is 1. The van der Waals surface area contributed by atoms with E-state index >= 15 is 0 Å². The van der Waals surface area contributed by atoms with E-state index in [2.05, 4.69) is 10.3 Å². The molecule has 0 radical (unpaired) electrons. The van der Waals surface area contributed by atoms with Crippen LogP contribution in [0.2, 0.25) is 0 Å². The molecule has 11 nitrogen and oxygen atoms in total. The van der Waals surface area contributed by atoms with Crippen molar-refractivity contribution in [2.24, 2.45) is 0 Å². The van der Waals surface area contributed by atoms with Crippen molar-refractivity contribution < 1.29 is 34.0 Å². The Kier molecular flexibility index (Phi) is 9.88. The Balaban J connectivity index is 1.31. The minimum atomic E-state index is -1.48. The van der Waals surface area contributed by atoms with Crippen LogP contribution < -0.4 is 20.5 Å². The van der Waals surface area contributed by atoms with E-state index in [1.807, 2.05) is 78.9 Å². The fourth-order valence-corrected chi connectivity index (χ4v) is 6.02. The summed E-state index contributed by atoms with van der Waals surface area (Å²) in [6.07, 6.45) is -3.76. The molecule has 3 N–H and O–H groups in total. The summed E-state index contributed by atoms with van der Waals surface area (Å²) >= 11 is 0. The van der Waals surface area contributed by atoms with E-state index in [9.17, 15) is 19.8 Å². The number of benzene rings is 4. The average Bonchev–Trinajstić information content (AvgIpc) is 3.43. The summed E-state index contributed by atoms with van der Waals surface area (Å²) < 4.78 is 24.9. The number of rotatable bonds is 11. The van der Waals surface area contributed by atoms with Crippen LogP contribution in [0.15, 0.2) is 120 Å². The molecule has 252 valence electrons. The van der Waals surface area contributed by atoms with Crippen molar-refractivity contribution in [3.05, 3.63) is 154 Å². The molecule has 1 fully saturated rings. The highest BCUT2D eigenvalue weighted by Crippen LogP contribution is 2.42. The standard InChI is InChI=1S/C38H37N3O8/c1-24-22-41(37(45)40-34(24)39-35(44)25-10-6-4-7-11-25)36-33(43)32(42)31(49-36)23-48-38(26-12-8-5-9-13-26,27-14-18-29(46-2)19-15-27)28-16-20-30(47-3)21-17-28/h4-22,31-33,36,42-43H,23H2,1-3H3,(H,39,40,44,45)/t31-,32?,33?,36-/m1/s1. The number of aromatic nitrogens is 2. The van der Waals surface area contributed by atoms with Gasteiger partial charge in [-0.2, -0.15) is 4.98 Å². The predicted molar refractivity (Wildman–Crippen MR) is 182 cm³/mol. The van der Waals surface area contributed by atoms with Crippen LogP contribution in [0.4, 0.5) is 5.82 Å². The average molecular weight is 664 g/mol. The smallest absolute Gasteiger partial charge is 0.351 e. The van der Waals surface area contributed by atoms with Gasteiger partial charge in [0.1, 0.15) is 41.2 Å². The molecule has 11 heteroatoms. The molecule has 1 aromatic heterocycles. The second-order valence-electron chi connectivity index (χ2n) is 11.6. The maximum atomic E-state index is 13.2. The molecule has 49 heavy (non-hydrogen) atoms. The zero-order valence-electron chi connectivity index (χ0n) is 27.2. The lowest BCUT2D eigenvalue weighted by atomic mass is 9.80. The number of hydrogen-bond donors (Lipinski definition) is 3. The van der Waals surface area contributed by atoms with Crippen LogP contribution in [-0.2, 0) is 15.1 Å². The summed E-state index contributed by atoms with van der Waals surface area (Å²) in [4.78, 5) is 30.0. The fraction of sp³-hybridized carbons (Fsp3) is 0.237. The summed E-state index contributed by atoms with van der Waals surface area (Å²) in [5, 5.41) is 25.0. The third-order valence-electron chi connectivity index (χ3n) is 8.65. The number of aliphatic hydroxyl groups excluding tert-OH is 2. The van der Waals surface area contributed by atoms with Gasteiger partial charge in [-0.3, -0.25) is 9.36 Å². The first-order valence-corrected chi connectivity index (χ1v) is 15.7. The molecule has 6 rings (SSSR count). The van der Waals surface area contributed by atoms with Gasteiger partial charge in [-0.15, -0.1) is 0 Å². The Morgan fingerprint density at radius 2 is 1.35 bits per heavy atom. The molecule has 1 amide bonds. The molecule has 0 aliphatic carbocycles. The first kappa shape index (κ1) is 33.6. The fourth-order valence-electron chi connectivity index (χ4n) is 6.02. The maximum absolute atomic E-state index is 13.2. The summed E-state index contributed by atoms with van der Waals surface area (Å²) in [5.74, 6) is 0.991. The lowest BCUT2D eigenvalue weighted by molar-refractivity contribution is -0.0958. The summed E-state index contributed by atoms with van der Waals surface area (Å²) in [6.45, 7) is 1.49. The minimum Gasteiger partial charge on any atom is -0.497 e. The molecular formula is C38H37N3O8.